The lowest BCUT2D eigenvalue weighted by Gasteiger charge is -2.30. The Bertz CT molecular complexity index is 817. The Morgan fingerprint density at radius 3 is 2.70 bits per heavy atom. The smallest absolute Gasteiger partial charge is 0.320 e. The van der Waals surface area contributed by atoms with E-state index in [1.807, 2.05) is 6.07 Å². The first-order chi connectivity index (χ1) is 11.0. The maximum Gasteiger partial charge on any atom is 0.320 e. The number of nitrogens with one attached hydrogen (secondary N) is 1. The first-order valence-electron chi connectivity index (χ1n) is 7.00. The molecule has 1 aliphatic heterocycles. The zero-order chi connectivity index (χ0) is 16.6. The van der Waals surface area contributed by atoms with E-state index < -0.39 is 23.8 Å². The Labute approximate surface area is 132 Å². The summed E-state index contributed by atoms with van der Waals surface area (Å²) >= 11 is 0. The molecule has 2 heterocycles. The van der Waals surface area contributed by atoms with Gasteiger partial charge in [-0.25, -0.2) is 4.68 Å². The number of ether oxygens (including phenoxy) is 1. The molecule has 2 aromatic rings. The highest BCUT2D eigenvalue weighted by molar-refractivity contribution is 6.06. The second kappa shape index (κ2) is 5.57. The molecule has 1 amide bonds. The number of fused-ring (bicyclic) bond motifs is 1. The van der Waals surface area contributed by atoms with Crippen LogP contribution in [0.4, 0.5) is 5.82 Å². The summed E-state index contributed by atoms with van der Waals surface area (Å²) in [6.45, 7) is 1.81. The summed E-state index contributed by atoms with van der Waals surface area (Å²) in [6.07, 6.45) is 0. The lowest BCUT2D eigenvalue weighted by atomic mass is 9.90. The van der Waals surface area contributed by atoms with Crippen molar-refractivity contribution >= 4 is 17.7 Å². The van der Waals surface area contributed by atoms with Gasteiger partial charge in [0.05, 0.1) is 24.4 Å². The third kappa shape index (κ3) is 2.44. The molecule has 1 aromatic carbocycles. The Hall–Kier alpha value is -3.14. The SMILES string of the molecule is COC(=O)C1C(=O)Nc2cc(C)nn2C1c1ccc(C#N)cc1. The van der Waals surface area contributed by atoms with Gasteiger partial charge in [0.2, 0.25) is 5.91 Å². The number of methoxy groups -OCH3 is 1. The molecule has 3 rings (SSSR count). The molecule has 0 radical (unpaired) electrons. The van der Waals surface area contributed by atoms with Gasteiger partial charge in [0.25, 0.3) is 0 Å². The third-order valence-corrected chi connectivity index (χ3v) is 3.81. The van der Waals surface area contributed by atoms with Crippen molar-refractivity contribution in [2.45, 2.75) is 13.0 Å². The van der Waals surface area contributed by atoms with Gasteiger partial charge in [0.1, 0.15) is 11.9 Å². The van der Waals surface area contributed by atoms with Gasteiger partial charge in [0, 0.05) is 6.07 Å². The van der Waals surface area contributed by atoms with Gasteiger partial charge >= 0.3 is 5.97 Å². The van der Waals surface area contributed by atoms with E-state index in [-0.39, 0.29) is 0 Å². The number of hydrogen-bond donors (Lipinski definition) is 1. The van der Waals surface area contributed by atoms with Gasteiger partial charge in [0.15, 0.2) is 5.92 Å². The fourth-order valence-electron chi connectivity index (χ4n) is 2.76. The number of carbonyl (C=O) groups excluding carboxylic acids is 2. The molecule has 0 fully saturated rings. The molecule has 0 spiro atoms. The molecular weight excluding hydrogens is 296 g/mol. The van der Waals surface area contributed by atoms with Gasteiger partial charge in [-0.3, -0.25) is 9.59 Å². The summed E-state index contributed by atoms with van der Waals surface area (Å²) in [7, 11) is 1.25. The molecule has 2 unspecified atom stereocenters. The molecule has 2 atom stereocenters. The monoisotopic (exact) mass is 310 g/mol. The molecule has 23 heavy (non-hydrogen) atoms. The van der Waals surface area contributed by atoms with Crippen LogP contribution in [-0.4, -0.2) is 28.8 Å². The molecule has 0 aliphatic carbocycles. The van der Waals surface area contributed by atoms with Crippen molar-refractivity contribution in [2.75, 3.05) is 12.4 Å². The maximum absolute atomic E-state index is 12.4. The minimum atomic E-state index is -1.04. The van der Waals surface area contributed by atoms with Crippen LogP contribution in [0.3, 0.4) is 0 Å². The van der Waals surface area contributed by atoms with Crippen LogP contribution in [0.2, 0.25) is 0 Å². The summed E-state index contributed by atoms with van der Waals surface area (Å²) in [6, 6.07) is 9.89. The lowest BCUT2D eigenvalue weighted by molar-refractivity contribution is -0.150. The van der Waals surface area contributed by atoms with Crippen LogP contribution < -0.4 is 5.32 Å². The Balaban J connectivity index is 2.15. The van der Waals surface area contributed by atoms with Crippen molar-refractivity contribution in [3.63, 3.8) is 0 Å². The normalized spacial score (nSPS) is 19.4. The number of amides is 1. The largest absolute Gasteiger partial charge is 0.468 e. The number of nitriles is 1. The number of rotatable bonds is 2. The number of hydrogen-bond acceptors (Lipinski definition) is 5. The average molecular weight is 310 g/mol. The van der Waals surface area contributed by atoms with Gasteiger partial charge in [-0.05, 0) is 24.6 Å². The predicted octanol–water partition coefficient (Wildman–Crippen LogP) is 1.39. The molecule has 1 N–H and O–H groups in total. The molecule has 0 bridgehead atoms. The highest BCUT2D eigenvalue weighted by Gasteiger charge is 2.43. The Kier molecular flexibility index (Phi) is 3.58. The van der Waals surface area contributed by atoms with E-state index in [0.29, 0.717) is 16.9 Å². The molecule has 0 saturated heterocycles. The van der Waals surface area contributed by atoms with Crippen LogP contribution in [0, 0.1) is 24.2 Å². The predicted molar refractivity (Wildman–Crippen MR) is 80.4 cm³/mol. The van der Waals surface area contributed by atoms with Gasteiger partial charge < -0.3 is 10.1 Å². The first-order valence-corrected chi connectivity index (χ1v) is 7.00. The van der Waals surface area contributed by atoms with E-state index in [1.165, 1.54) is 7.11 Å². The fourth-order valence-corrected chi connectivity index (χ4v) is 2.76. The van der Waals surface area contributed by atoms with Crippen LogP contribution in [0.5, 0.6) is 0 Å². The van der Waals surface area contributed by atoms with Gasteiger partial charge in [-0.1, -0.05) is 12.1 Å². The summed E-state index contributed by atoms with van der Waals surface area (Å²) < 4.78 is 6.40. The number of carbonyl (C=O) groups is 2. The summed E-state index contributed by atoms with van der Waals surface area (Å²) in [5.74, 6) is -1.57. The molecular formula is C16H14N4O3. The zero-order valence-corrected chi connectivity index (χ0v) is 12.6. The van der Waals surface area contributed by atoms with Crippen molar-refractivity contribution in [1.29, 1.82) is 5.26 Å². The van der Waals surface area contributed by atoms with E-state index in [2.05, 4.69) is 10.4 Å². The molecule has 1 aliphatic rings. The number of esters is 1. The number of anilines is 1. The summed E-state index contributed by atoms with van der Waals surface area (Å²) in [4.78, 5) is 24.5. The maximum atomic E-state index is 12.4. The second-order valence-corrected chi connectivity index (χ2v) is 5.28. The van der Waals surface area contributed by atoms with Crippen LogP contribution >= 0.6 is 0 Å². The van der Waals surface area contributed by atoms with E-state index in [1.54, 1.807) is 41.9 Å². The van der Waals surface area contributed by atoms with Crippen LogP contribution in [0.25, 0.3) is 0 Å². The van der Waals surface area contributed by atoms with Gasteiger partial charge in [-0.15, -0.1) is 0 Å². The second-order valence-electron chi connectivity index (χ2n) is 5.28. The molecule has 116 valence electrons. The number of aromatic nitrogens is 2. The van der Waals surface area contributed by atoms with E-state index in [0.717, 1.165) is 5.69 Å². The Morgan fingerprint density at radius 2 is 2.09 bits per heavy atom. The fraction of sp³-hybridized carbons (Fsp3) is 0.250. The average Bonchev–Trinajstić information content (AvgIpc) is 2.92. The highest BCUT2D eigenvalue weighted by atomic mass is 16.5. The minimum Gasteiger partial charge on any atom is -0.468 e. The number of benzene rings is 1. The van der Waals surface area contributed by atoms with Crippen LogP contribution in [0.1, 0.15) is 22.9 Å². The number of aryl methyl sites for hydroxylation is 1. The molecule has 7 heteroatoms. The van der Waals surface area contributed by atoms with Crippen molar-refractivity contribution in [3.05, 3.63) is 47.2 Å². The van der Waals surface area contributed by atoms with Crippen molar-refractivity contribution in [2.24, 2.45) is 5.92 Å². The van der Waals surface area contributed by atoms with Crippen LogP contribution in [0.15, 0.2) is 30.3 Å². The van der Waals surface area contributed by atoms with E-state index >= 15 is 0 Å². The molecule has 7 nitrogen and oxygen atoms in total. The molecule has 1 aromatic heterocycles. The topological polar surface area (TPSA) is 97.0 Å². The minimum absolute atomic E-state index is 0.432. The van der Waals surface area contributed by atoms with Crippen molar-refractivity contribution in [3.8, 4) is 6.07 Å². The first kappa shape index (κ1) is 14.8. The standard InChI is InChI=1S/C16H14N4O3/c1-9-7-12-18-15(21)13(16(22)23-2)14(20(12)19-9)11-5-3-10(8-17)4-6-11/h3-7,13-14H,1-2H3,(H,18,21). The summed E-state index contributed by atoms with van der Waals surface area (Å²) in [5, 5.41) is 16.0. The Morgan fingerprint density at radius 1 is 1.39 bits per heavy atom. The highest BCUT2D eigenvalue weighted by Crippen LogP contribution is 2.35. The molecule has 0 saturated carbocycles. The van der Waals surface area contributed by atoms with Crippen molar-refractivity contribution in [1.82, 2.24) is 9.78 Å². The van der Waals surface area contributed by atoms with E-state index in [4.69, 9.17) is 10.00 Å². The van der Waals surface area contributed by atoms with Crippen LogP contribution in [-0.2, 0) is 14.3 Å². The van der Waals surface area contributed by atoms with E-state index in [9.17, 15) is 9.59 Å². The van der Waals surface area contributed by atoms with Crippen molar-refractivity contribution < 1.29 is 14.3 Å². The number of nitrogens with zero attached hydrogens (tertiary/aromatic N) is 3. The lowest BCUT2D eigenvalue weighted by Crippen LogP contribution is -2.43. The quantitative estimate of drug-likeness (QED) is 0.668. The third-order valence-electron chi connectivity index (χ3n) is 3.81. The summed E-state index contributed by atoms with van der Waals surface area (Å²) in [5.41, 5.74) is 1.93. The van der Waals surface area contributed by atoms with Gasteiger partial charge in [-0.2, -0.15) is 10.4 Å². The zero-order valence-electron chi connectivity index (χ0n) is 12.6.